The number of phosphoric acid groups is 1. The lowest BCUT2D eigenvalue weighted by molar-refractivity contribution is -0.220. The first-order chi connectivity index (χ1) is 14.0. The molecule has 0 aromatic carbocycles. The molecule has 1 saturated carbocycles. The zero-order valence-corrected chi connectivity index (χ0v) is 17.7. The van der Waals surface area contributed by atoms with Crippen LogP contribution in [0.15, 0.2) is 0 Å². The lowest BCUT2D eigenvalue weighted by Gasteiger charge is -2.41. The van der Waals surface area contributed by atoms with Gasteiger partial charge in [-0.05, 0) is 6.42 Å². The van der Waals surface area contributed by atoms with Crippen LogP contribution in [0.4, 0.5) is 0 Å². The van der Waals surface area contributed by atoms with Crippen molar-refractivity contribution in [3.05, 3.63) is 0 Å². The van der Waals surface area contributed by atoms with Gasteiger partial charge in [0.1, 0.15) is 49.3 Å². The van der Waals surface area contributed by atoms with Crippen molar-refractivity contribution in [1.29, 1.82) is 0 Å². The van der Waals surface area contributed by atoms with Gasteiger partial charge in [0.05, 0.1) is 6.61 Å². The number of carbonyl (C=O) groups is 1. The van der Waals surface area contributed by atoms with Crippen molar-refractivity contribution in [2.45, 2.75) is 88.2 Å². The van der Waals surface area contributed by atoms with Gasteiger partial charge in [0.25, 0.3) is 0 Å². The Labute approximate surface area is 174 Å². The molecule has 0 aromatic heterocycles. The topological polar surface area (TPSA) is 203 Å². The molecular weight excluding hydrogens is 427 g/mol. The summed E-state index contributed by atoms with van der Waals surface area (Å²) >= 11 is 0. The molecule has 0 saturated heterocycles. The van der Waals surface area contributed by atoms with Crippen LogP contribution in [-0.2, 0) is 23.1 Å². The Morgan fingerprint density at radius 1 is 0.900 bits per heavy atom. The van der Waals surface area contributed by atoms with Crippen LogP contribution in [0.1, 0.15) is 45.4 Å². The Balaban J connectivity index is 2.38. The van der Waals surface area contributed by atoms with Gasteiger partial charge in [0, 0.05) is 6.42 Å². The maximum atomic E-state index is 12.0. The summed E-state index contributed by atoms with van der Waals surface area (Å²) in [6.07, 6.45) is -8.25. The highest BCUT2D eigenvalue weighted by Crippen LogP contribution is 2.47. The first kappa shape index (κ1) is 27.4. The molecule has 30 heavy (non-hydrogen) atoms. The van der Waals surface area contributed by atoms with Crippen LogP contribution in [0.5, 0.6) is 0 Å². The number of aliphatic hydroxyl groups excluding tert-OH is 6. The van der Waals surface area contributed by atoms with Crippen molar-refractivity contribution in [2.24, 2.45) is 0 Å². The molecule has 1 rings (SSSR count). The lowest BCUT2D eigenvalue weighted by Crippen LogP contribution is -2.64. The summed E-state index contributed by atoms with van der Waals surface area (Å²) in [6.45, 7) is 0.820. The Kier molecular flexibility index (Phi) is 11.9. The molecular formula is C17H33O12P. The number of carbonyl (C=O) groups excluding carboxylic acids is 1. The fourth-order valence-corrected chi connectivity index (χ4v) is 3.85. The molecule has 0 bridgehead atoms. The van der Waals surface area contributed by atoms with Crippen LogP contribution in [0, 0.1) is 0 Å². The fourth-order valence-electron chi connectivity index (χ4n) is 2.87. The Morgan fingerprint density at radius 3 is 2.00 bits per heavy atom. The standard InChI is InChI=1S/C17H33O12P/c1-2-3-4-5-6-7-11(19)27-8-10(18)9-28-30(25,26)29-17-15(23)13(21)12(20)14(22)16(17)24/h10,12-18,20-24H,2-9H2,1H3,(H,25,26). The van der Waals surface area contributed by atoms with Crippen molar-refractivity contribution in [2.75, 3.05) is 13.2 Å². The van der Waals surface area contributed by atoms with Gasteiger partial charge in [-0.3, -0.25) is 13.8 Å². The van der Waals surface area contributed by atoms with Crippen molar-refractivity contribution in [1.82, 2.24) is 0 Å². The van der Waals surface area contributed by atoms with Crippen molar-refractivity contribution < 1.29 is 58.7 Å². The maximum Gasteiger partial charge on any atom is 0.472 e. The quantitative estimate of drug-likeness (QED) is 0.0960. The molecule has 1 aliphatic rings. The number of phosphoric ester groups is 1. The predicted octanol–water partition coefficient (Wildman–Crippen LogP) is -1.43. The molecule has 6 atom stereocenters. The van der Waals surface area contributed by atoms with E-state index in [1.807, 2.05) is 0 Å². The van der Waals surface area contributed by atoms with E-state index < -0.39 is 69.7 Å². The van der Waals surface area contributed by atoms with Crippen LogP contribution in [0.3, 0.4) is 0 Å². The van der Waals surface area contributed by atoms with Gasteiger partial charge in [0.15, 0.2) is 0 Å². The van der Waals surface area contributed by atoms with Crippen molar-refractivity contribution in [3.63, 3.8) is 0 Å². The second-order valence-electron chi connectivity index (χ2n) is 7.29. The molecule has 6 unspecified atom stereocenters. The number of aliphatic hydroxyl groups is 6. The van der Waals surface area contributed by atoms with E-state index in [1.54, 1.807) is 0 Å². The van der Waals surface area contributed by atoms with E-state index >= 15 is 0 Å². The van der Waals surface area contributed by atoms with Crippen LogP contribution in [-0.4, -0.2) is 97.4 Å². The minimum Gasteiger partial charge on any atom is -0.463 e. The first-order valence-electron chi connectivity index (χ1n) is 9.90. The van der Waals surface area contributed by atoms with Crippen LogP contribution >= 0.6 is 7.82 Å². The van der Waals surface area contributed by atoms with Crippen molar-refractivity contribution >= 4 is 13.8 Å². The third-order valence-electron chi connectivity index (χ3n) is 4.68. The molecule has 0 aromatic rings. The number of hydrogen-bond acceptors (Lipinski definition) is 11. The average Bonchev–Trinajstić information content (AvgIpc) is 2.71. The molecule has 0 heterocycles. The molecule has 0 aliphatic heterocycles. The van der Waals surface area contributed by atoms with Gasteiger partial charge in [-0.1, -0.05) is 32.6 Å². The molecule has 0 amide bonds. The van der Waals surface area contributed by atoms with Crippen LogP contribution in [0.2, 0.25) is 0 Å². The highest BCUT2D eigenvalue weighted by atomic mass is 31.2. The number of rotatable bonds is 13. The first-order valence-corrected chi connectivity index (χ1v) is 11.4. The van der Waals surface area contributed by atoms with E-state index in [4.69, 9.17) is 4.74 Å². The average molecular weight is 460 g/mol. The molecule has 12 nitrogen and oxygen atoms in total. The molecule has 178 valence electrons. The third kappa shape index (κ3) is 8.83. The normalized spacial score (nSPS) is 32.4. The lowest BCUT2D eigenvalue weighted by atomic mass is 9.85. The van der Waals surface area contributed by atoms with E-state index in [0.717, 1.165) is 25.7 Å². The number of hydrogen-bond donors (Lipinski definition) is 7. The SMILES string of the molecule is CCCCCCCC(=O)OCC(O)COP(=O)(O)OC1C(O)C(O)C(O)C(O)C1O. The minimum absolute atomic E-state index is 0.187. The monoisotopic (exact) mass is 460 g/mol. The molecule has 0 spiro atoms. The molecule has 7 N–H and O–H groups in total. The summed E-state index contributed by atoms with van der Waals surface area (Å²) in [5.74, 6) is -0.524. The van der Waals surface area contributed by atoms with Gasteiger partial charge >= 0.3 is 13.8 Å². The summed E-state index contributed by atoms with van der Waals surface area (Å²) in [5.41, 5.74) is 0. The largest absolute Gasteiger partial charge is 0.472 e. The summed E-state index contributed by atoms with van der Waals surface area (Å²) in [7, 11) is -4.96. The smallest absolute Gasteiger partial charge is 0.463 e. The van der Waals surface area contributed by atoms with Gasteiger partial charge in [-0.2, -0.15) is 0 Å². The number of unbranched alkanes of at least 4 members (excludes halogenated alkanes) is 4. The summed E-state index contributed by atoms with van der Waals surface area (Å²) in [5, 5.41) is 58.0. The number of esters is 1. The predicted molar refractivity (Wildman–Crippen MR) is 101 cm³/mol. The van der Waals surface area contributed by atoms with Gasteiger partial charge in [-0.25, -0.2) is 4.57 Å². The highest BCUT2D eigenvalue weighted by Gasteiger charge is 2.51. The summed E-state index contributed by atoms with van der Waals surface area (Å²) in [4.78, 5) is 21.3. The van der Waals surface area contributed by atoms with Gasteiger partial charge in [-0.15, -0.1) is 0 Å². The second-order valence-corrected chi connectivity index (χ2v) is 8.69. The Bertz CT molecular complexity index is 545. The summed E-state index contributed by atoms with van der Waals surface area (Å²) < 4.78 is 26.0. The van der Waals surface area contributed by atoms with E-state index in [9.17, 15) is 44.9 Å². The van der Waals surface area contributed by atoms with E-state index in [0.29, 0.717) is 6.42 Å². The molecule has 13 heteroatoms. The van der Waals surface area contributed by atoms with E-state index in [2.05, 4.69) is 16.0 Å². The summed E-state index contributed by atoms with van der Waals surface area (Å²) in [6, 6.07) is 0. The maximum absolute atomic E-state index is 12.0. The minimum atomic E-state index is -4.96. The molecule has 1 aliphatic carbocycles. The second kappa shape index (κ2) is 13.0. The molecule has 1 fully saturated rings. The highest BCUT2D eigenvalue weighted by molar-refractivity contribution is 7.47. The van der Waals surface area contributed by atoms with Gasteiger partial charge in [0.2, 0.25) is 0 Å². The molecule has 0 radical (unpaired) electrons. The van der Waals surface area contributed by atoms with E-state index in [-0.39, 0.29) is 6.42 Å². The zero-order valence-electron chi connectivity index (χ0n) is 16.8. The fraction of sp³-hybridized carbons (Fsp3) is 0.941. The van der Waals surface area contributed by atoms with Crippen molar-refractivity contribution in [3.8, 4) is 0 Å². The van der Waals surface area contributed by atoms with Gasteiger partial charge < -0.3 is 40.3 Å². The van der Waals surface area contributed by atoms with Crippen LogP contribution < -0.4 is 0 Å². The van der Waals surface area contributed by atoms with E-state index in [1.165, 1.54) is 0 Å². The van der Waals surface area contributed by atoms with Crippen LogP contribution in [0.25, 0.3) is 0 Å². The Morgan fingerprint density at radius 2 is 1.43 bits per heavy atom. The zero-order chi connectivity index (χ0) is 22.9. The number of ether oxygens (including phenoxy) is 1. The third-order valence-corrected chi connectivity index (χ3v) is 5.66. The Hall–Kier alpha value is -0.660.